The first-order valence-electron chi connectivity index (χ1n) is 9.16. The van der Waals surface area contributed by atoms with Crippen molar-refractivity contribution in [3.8, 4) is 0 Å². The molecule has 0 bridgehead atoms. The number of nitrogens with zero attached hydrogens (tertiary/aromatic N) is 3. The van der Waals surface area contributed by atoms with Gasteiger partial charge < -0.3 is 9.64 Å². The van der Waals surface area contributed by atoms with Gasteiger partial charge in [0.2, 0.25) is 5.91 Å². The third kappa shape index (κ3) is 4.48. The third-order valence-corrected chi connectivity index (χ3v) is 5.07. The van der Waals surface area contributed by atoms with E-state index in [4.69, 9.17) is 4.74 Å². The second-order valence-corrected chi connectivity index (χ2v) is 6.77. The first-order chi connectivity index (χ1) is 12.7. The lowest BCUT2D eigenvalue weighted by Crippen LogP contribution is -2.49. The van der Waals surface area contributed by atoms with Gasteiger partial charge in [-0.2, -0.15) is 0 Å². The number of ether oxygens (including phenoxy) is 1. The van der Waals surface area contributed by atoms with Gasteiger partial charge in [-0.05, 0) is 42.2 Å². The number of benzene rings is 1. The fourth-order valence-electron chi connectivity index (χ4n) is 3.45. The van der Waals surface area contributed by atoms with Crippen molar-refractivity contribution in [1.82, 2.24) is 14.8 Å². The molecule has 0 aliphatic carbocycles. The van der Waals surface area contributed by atoms with E-state index in [0.29, 0.717) is 19.7 Å². The van der Waals surface area contributed by atoms with Gasteiger partial charge in [0.15, 0.2) is 0 Å². The molecule has 5 nitrogen and oxygen atoms in total. The van der Waals surface area contributed by atoms with Crippen LogP contribution in [0.25, 0.3) is 0 Å². The normalized spacial score (nSPS) is 15.3. The Morgan fingerprint density at radius 3 is 2.69 bits per heavy atom. The van der Waals surface area contributed by atoms with E-state index in [-0.39, 0.29) is 11.9 Å². The summed E-state index contributed by atoms with van der Waals surface area (Å²) >= 11 is 0. The van der Waals surface area contributed by atoms with Crippen molar-refractivity contribution in [2.24, 2.45) is 0 Å². The Morgan fingerprint density at radius 2 is 1.96 bits per heavy atom. The number of carbonyl (C=O) groups excluding carboxylic acids is 1. The van der Waals surface area contributed by atoms with Crippen molar-refractivity contribution < 1.29 is 9.53 Å². The van der Waals surface area contributed by atoms with Crippen LogP contribution in [0.3, 0.4) is 0 Å². The quantitative estimate of drug-likeness (QED) is 0.767. The molecule has 1 aromatic heterocycles. The van der Waals surface area contributed by atoms with E-state index in [1.807, 2.05) is 24.0 Å². The van der Waals surface area contributed by atoms with E-state index >= 15 is 0 Å². The molecule has 1 atom stereocenters. The highest BCUT2D eigenvalue weighted by atomic mass is 16.5. The molecule has 1 aromatic carbocycles. The van der Waals surface area contributed by atoms with Crippen LogP contribution in [0.2, 0.25) is 0 Å². The highest BCUT2D eigenvalue weighted by Gasteiger charge is 2.28. The summed E-state index contributed by atoms with van der Waals surface area (Å²) in [5.74, 6) is 0.151. The van der Waals surface area contributed by atoms with E-state index in [1.54, 1.807) is 19.5 Å². The lowest BCUT2D eigenvalue weighted by molar-refractivity contribution is -0.138. The van der Waals surface area contributed by atoms with E-state index in [2.05, 4.69) is 34.1 Å². The van der Waals surface area contributed by atoms with Gasteiger partial charge in [-0.3, -0.25) is 14.7 Å². The van der Waals surface area contributed by atoms with Gasteiger partial charge in [0.05, 0.1) is 12.6 Å². The van der Waals surface area contributed by atoms with Crippen molar-refractivity contribution in [2.75, 3.05) is 26.8 Å². The molecular weight excluding hydrogens is 326 g/mol. The van der Waals surface area contributed by atoms with Crippen molar-refractivity contribution in [1.29, 1.82) is 0 Å². The summed E-state index contributed by atoms with van der Waals surface area (Å²) in [4.78, 5) is 21.4. The SMILES string of the molecule is COCCN(Cc1ccncc1)C(=O)[C@@H](C)N1CCc2ccccc2C1. The number of methoxy groups -OCH3 is 1. The predicted molar refractivity (Wildman–Crippen MR) is 102 cm³/mol. The van der Waals surface area contributed by atoms with Crippen LogP contribution in [0.15, 0.2) is 48.8 Å². The Hall–Kier alpha value is -2.24. The van der Waals surface area contributed by atoms with Gasteiger partial charge in [-0.15, -0.1) is 0 Å². The number of fused-ring (bicyclic) bond motifs is 1. The third-order valence-electron chi connectivity index (χ3n) is 5.07. The molecule has 0 N–H and O–H groups in total. The molecule has 2 heterocycles. The number of carbonyl (C=O) groups is 1. The number of aromatic nitrogens is 1. The number of amides is 1. The number of hydrogen-bond donors (Lipinski definition) is 0. The molecule has 2 aromatic rings. The maximum Gasteiger partial charge on any atom is 0.240 e. The van der Waals surface area contributed by atoms with Crippen LogP contribution in [0.4, 0.5) is 0 Å². The lowest BCUT2D eigenvalue weighted by Gasteiger charge is -2.35. The standard InChI is InChI=1S/C21H27N3O2/c1-17(23-12-9-19-5-3-4-6-20(19)16-23)21(25)24(13-14-26-2)15-18-7-10-22-11-8-18/h3-8,10-11,17H,9,12-16H2,1-2H3/t17-/m1/s1. The van der Waals surface area contributed by atoms with Gasteiger partial charge in [-0.25, -0.2) is 0 Å². The molecule has 3 rings (SSSR count). The monoisotopic (exact) mass is 353 g/mol. The van der Waals surface area contributed by atoms with Crippen LogP contribution in [0, 0.1) is 0 Å². The average Bonchev–Trinajstić information content (AvgIpc) is 2.70. The summed E-state index contributed by atoms with van der Waals surface area (Å²) < 4.78 is 5.21. The second-order valence-electron chi connectivity index (χ2n) is 6.77. The molecule has 0 radical (unpaired) electrons. The summed E-state index contributed by atoms with van der Waals surface area (Å²) in [5, 5.41) is 0. The van der Waals surface area contributed by atoms with Gasteiger partial charge in [0.1, 0.15) is 0 Å². The zero-order chi connectivity index (χ0) is 18.4. The Balaban J connectivity index is 1.69. The van der Waals surface area contributed by atoms with Crippen molar-refractivity contribution in [3.05, 3.63) is 65.5 Å². The number of pyridine rings is 1. The largest absolute Gasteiger partial charge is 0.383 e. The Morgan fingerprint density at radius 1 is 1.23 bits per heavy atom. The average molecular weight is 353 g/mol. The van der Waals surface area contributed by atoms with Crippen LogP contribution in [0.5, 0.6) is 0 Å². The number of hydrogen-bond acceptors (Lipinski definition) is 4. The molecule has 0 saturated heterocycles. The summed E-state index contributed by atoms with van der Waals surface area (Å²) in [6, 6.07) is 12.3. The maximum atomic E-state index is 13.2. The molecule has 0 unspecified atom stereocenters. The van der Waals surface area contributed by atoms with Crippen molar-refractivity contribution in [2.45, 2.75) is 32.5 Å². The first kappa shape index (κ1) is 18.5. The molecular formula is C21H27N3O2. The second kappa shape index (κ2) is 8.92. The molecule has 0 spiro atoms. The van der Waals surface area contributed by atoms with Crippen LogP contribution in [-0.4, -0.2) is 53.5 Å². The van der Waals surface area contributed by atoms with E-state index < -0.39 is 0 Å². The fourth-order valence-corrected chi connectivity index (χ4v) is 3.45. The van der Waals surface area contributed by atoms with Gasteiger partial charge in [0.25, 0.3) is 0 Å². The minimum absolute atomic E-state index is 0.151. The number of rotatable bonds is 7. The topological polar surface area (TPSA) is 45.7 Å². The van der Waals surface area contributed by atoms with E-state index in [0.717, 1.165) is 25.1 Å². The zero-order valence-corrected chi connectivity index (χ0v) is 15.6. The van der Waals surface area contributed by atoms with Crippen LogP contribution >= 0.6 is 0 Å². The minimum atomic E-state index is -0.151. The molecule has 138 valence electrons. The first-order valence-corrected chi connectivity index (χ1v) is 9.16. The maximum absolute atomic E-state index is 13.2. The van der Waals surface area contributed by atoms with Crippen LogP contribution in [-0.2, 0) is 29.0 Å². The molecule has 0 saturated carbocycles. The van der Waals surface area contributed by atoms with Crippen LogP contribution in [0.1, 0.15) is 23.6 Å². The molecule has 26 heavy (non-hydrogen) atoms. The van der Waals surface area contributed by atoms with Gasteiger partial charge in [-0.1, -0.05) is 24.3 Å². The van der Waals surface area contributed by atoms with Crippen molar-refractivity contribution >= 4 is 5.91 Å². The smallest absolute Gasteiger partial charge is 0.240 e. The molecule has 0 fully saturated rings. The van der Waals surface area contributed by atoms with E-state index in [1.165, 1.54) is 11.1 Å². The van der Waals surface area contributed by atoms with Gasteiger partial charge >= 0.3 is 0 Å². The predicted octanol–water partition coefficient (Wildman–Crippen LogP) is 2.50. The lowest BCUT2D eigenvalue weighted by atomic mass is 9.98. The Bertz CT molecular complexity index is 720. The zero-order valence-electron chi connectivity index (χ0n) is 15.6. The van der Waals surface area contributed by atoms with Gasteiger partial charge in [0, 0.05) is 45.7 Å². The summed E-state index contributed by atoms with van der Waals surface area (Å²) in [6.45, 7) is 5.47. The Labute approximate surface area is 155 Å². The fraction of sp³-hybridized carbons (Fsp3) is 0.429. The minimum Gasteiger partial charge on any atom is -0.383 e. The summed E-state index contributed by atoms with van der Waals surface area (Å²) in [6.07, 6.45) is 4.52. The van der Waals surface area contributed by atoms with Crippen molar-refractivity contribution in [3.63, 3.8) is 0 Å². The molecule has 1 amide bonds. The Kier molecular flexibility index (Phi) is 6.36. The molecule has 1 aliphatic rings. The molecule has 1 aliphatic heterocycles. The van der Waals surface area contributed by atoms with E-state index in [9.17, 15) is 4.79 Å². The van der Waals surface area contributed by atoms with Crippen LogP contribution < -0.4 is 0 Å². The highest BCUT2D eigenvalue weighted by molar-refractivity contribution is 5.81. The summed E-state index contributed by atoms with van der Waals surface area (Å²) in [7, 11) is 1.67. The summed E-state index contributed by atoms with van der Waals surface area (Å²) in [5.41, 5.74) is 3.81. The molecule has 5 heteroatoms. The highest BCUT2D eigenvalue weighted by Crippen LogP contribution is 2.21.